The van der Waals surface area contributed by atoms with Gasteiger partial charge in [-0.25, -0.2) is 4.39 Å². The van der Waals surface area contributed by atoms with E-state index in [4.69, 9.17) is 0 Å². The second-order valence-corrected chi connectivity index (χ2v) is 6.87. The Balaban J connectivity index is 1.86. The topological polar surface area (TPSA) is 57.6 Å². The van der Waals surface area contributed by atoms with E-state index in [-0.39, 0.29) is 24.2 Å². The summed E-state index contributed by atoms with van der Waals surface area (Å²) in [4.78, 5) is 26.4. The van der Waals surface area contributed by atoms with Crippen molar-refractivity contribution >= 4 is 23.6 Å². The molecule has 4 nitrogen and oxygen atoms in total. The highest BCUT2D eigenvalue weighted by Gasteiger charge is 2.40. The summed E-state index contributed by atoms with van der Waals surface area (Å²) in [5.74, 6) is -2.43. The number of aliphatic carboxylic acids is 1. The predicted molar refractivity (Wildman–Crippen MR) is 94.4 cm³/mol. The molecule has 1 heterocycles. The maximum atomic E-state index is 13.6. The smallest absolute Gasteiger partial charge is 0.308 e. The maximum Gasteiger partial charge on any atom is 0.308 e. The first-order valence-electron chi connectivity index (χ1n) is 7.92. The molecule has 2 aromatic carbocycles. The van der Waals surface area contributed by atoms with Crippen LogP contribution in [0.4, 0.5) is 4.39 Å². The summed E-state index contributed by atoms with van der Waals surface area (Å²) < 4.78 is 13.6. The van der Waals surface area contributed by atoms with E-state index in [0.717, 1.165) is 5.56 Å². The first-order valence-corrected chi connectivity index (χ1v) is 9.14. The van der Waals surface area contributed by atoms with Crippen LogP contribution in [0.5, 0.6) is 0 Å². The number of thioether (sulfide) groups is 1. The van der Waals surface area contributed by atoms with Crippen LogP contribution in [0, 0.1) is 11.7 Å². The molecule has 3 rings (SSSR count). The minimum absolute atomic E-state index is 0.152. The lowest BCUT2D eigenvalue weighted by atomic mass is 9.89. The highest BCUT2D eigenvalue weighted by molar-refractivity contribution is 7.98. The van der Waals surface area contributed by atoms with Crippen molar-refractivity contribution in [3.05, 3.63) is 65.5 Å². The van der Waals surface area contributed by atoms with E-state index in [9.17, 15) is 19.1 Å². The van der Waals surface area contributed by atoms with Gasteiger partial charge < -0.3 is 10.0 Å². The van der Waals surface area contributed by atoms with Crippen molar-refractivity contribution in [1.82, 2.24) is 4.90 Å². The molecule has 0 unspecified atom stereocenters. The summed E-state index contributed by atoms with van der Waals surface area (Å²) in [6, 6.07) is 13.6. The highest BCUT2D eigenvalue weighted by Crippen LogP contribution is 2.34. The van der Waals surface area contributed by atoms with Gasteiger partial charge in [0.05, 0.1) is 5.92 Å². The quantitative estimate of drug-likeness (QED) is 0.849. The number of nitrogens with zero attached hydrogens (tertiary/aromatic N) is 1. The summed E-state index contributed by atoms with van der Waals surface area (Å²) in [5.41, 5.74) is 1.29. The van der Waals surface area contributed by atoms with Crippen LogP contribution in [0.2, 0.25) is 0 Å². The fourth-order valence-corrected chi connectivity index (χ4v) is 3.74. The third-order valence-electron chi connectivity index (χ3n) is 4.55. The van der Waals surface area contributed by atoms with Crippen molar-refractivity contribution in [3.63, 3.8) is 0 Å². The zero-order valence-corrected chi connectivity index (χ0v) is 14.5. The van der Waals surface area contributed by atoms with Crippen LogP contribution in [0.25, 0.3) is 0 Å². The molecule has 1 aliphatic heterocycles. The Kier molecular flexibility index (Phi) is 5.08. The molecule has 6 heteroatoms. The number of hydrogen-bond acceptors (Lipinski definition) is 3. The van der Waals surface area contributed by atoms with E-state index in [2.05, 4.69) is 0 Å². The Morgan fingerprint density at radius 3 is 2.52 bits per heavy atom. The monoisotopic (exact) mass is 359 g/mol. The fraction of sp³-hybridized carbons (Fsp3) is 0.263. The molecular formula is C19H18FNO3S. The lowest BCUT2D eigenvalue weighted by molar-refractivity contribution is -0.141. The van der Waals surface area contributed by atoms with E-state index in [1.807, 2.05) is 30.3 Å². The fourth-order valence-electron chi connectivity index (χ4n) is 3.23. The molecule has 1 saturated heterocycles. The molecular weight excluding hydrogens is 341 g/mol. The van der Waals surface area contributed by atoms with Gasteiger partial charge in [-0.1, -0.05) is 30.3 Å². The molecule has 2 aromatic rings. The van der Waals surface area contributed by atoms with Gasteiger partial charge in [0.1, 0.15) is 5.82 Å². The van der Waals surface area contributed by atoms with Gasteiger partial charge in [-0.3, -0.25) is 9.59 Å². The van der Waals surface area contributed by atoms with Crippen LogP contribution < -0.4 is 0 Å². The number of carboxylic acids is 1. The molecule has 25 heavy (non-hydrogen) atoms. The van der Waals surface area contributed by atoms with E-state index in [1.165, 1.54) is 30.0 Å². The summed E-state index contributed by atoms with van der Waals surface area (Å²) in [7, 11) is 0. The molecule has 2 atom stereocenters. The van der Waals surface area contributed by atoms with Crippen LogP contribution in [-0.4, -0.2) is 41.2 Å². The largest absolute Gasteiger partial charge is 0.481 e. The summed E-state index contributed by atoms with van der Waals surface area (Å²) >= 11 is 1.23. The second kappa shape index (κ2) is 7.27. The molecule has 1 N–H and O–H groups in total. The zero-order chi connectivity index (χ0) is 18.0. The second-order valence-electron chi connectivity index (χ2n) is 6.02. The molecule has 0 radical (unpaired) electrons. The Morgan fingerprint density at radius 2 is 1.88 bits per heavy atom. The SMILES string of the molecule is CSc1cc(C(=O)N2C[C@H](C(=O)O)[C@H](c3ccccc3)C2)ccc1F. The van der Waals surface area contributed by atoms with Gasteiger partial charge >= 0.3 is 5.97 Å². The van der Waals surface area contributed by atoms with Crippen LogP contribution in [-0.2, 0) is 4.79 Å². The summed E-state index contributed by atoms with van der Waals surface area (Å²) in [6.45, 7) is 0.492. The van der Waals surface area contributed by atoms with Crippen LogP contribution in [0.15, 0.2) is 53.4 Å². The number of benzene rings is 2. The molecule has 1 fully saturated rings. The van der Waals surface area contributed by atoms with Crippen molar-refractivity contribution in [2.24, 2.45) is 5.92 Å². The first-order chi connectivity index (χ1) is 12.0. The average molecular weight is 359 g/mol. The predicted octanol–water partition coefficient (Wildman–Crippen LogP) is 3.49. The number of hydrogen-bond donors (Lipinski definition) is 1. The maximum absolute atomic E-state index is 13.6. The molecule has 1 aliphatic rings. The van der Waals surface area contributed by atoms with Crippen molar-refractivity contribution < 1.29 is 19.1 Å². The first kappa shape index (κ1) is 17.5. The summed E-state index contributed by atoms with van der Waals surface area (Å²) in [6.07, 6.45) is 1.74. The normalized spacial score (nSPS) is 19.8. The number of halogens is 1. The van der Waals surface area contributed by atoms with Crippen LogP contribution in [0.1, 0.15) is 21.8 Å². The number of carboxylic acid groups (broad SMARTS) is 1. The lowest BCUT2D eigenvalue weighted by Gasteiger charge is -2.17. The lowest BCUT2D eigenvalue weighted by Crippen LogP contribution is -2.30. The Bertz CT molecular complexity index is 797. The molecule has 130 valence electrons. The minimum Gasteiger partial charge on any atom is -0.481 e. The third-order valence-corrected chi connectivity index (χ3v) is 5.30. The third kappa shape index (κ3) is 3.54. The van der Waals surface area contributed by atoms with Gasteiger partial charge in [-0.05, 0) is 30.0 Å². The molecule has 0 spiro atoms. The number of rotatable bonds is 4. The molecule has 0 bridgehead atoms. The minimum atomic E-state index is -0.909. The number of carbonyl (C=O) groups is 2. The number of likely N-dealkylation sites (tertiary alicyclic amines) is 1. The van der Waals surface area contributed by atoms with Gasteiger partial charge in [-0.15, -0.1) is 11.8 Å². The van der Waals surface area contributed by atoms with Crippen molar-refractivity contribution in [3.8, 4) is 0 Å². The van der Waals surface area contributed by atoms with E-state index < -0.39 is 11.9 Å². The zero-order valence-electron chi connectivity index (χ0n) is 13.7. The molecule has 0 saturated carbocycles. The standard InChI is InChI=1S/C19H18FNO3S/c1-25-17-9-13(7-8-16(17)20)18(22)21-10-14(15(11-21)19(23)24)12-5-3-2-4-6-12/h2-9,14-15H,10-11H2,1H3,(H,23,24)/t14-,15-/m0/s1. The Morgan fingerprint density at radius 1 is 1.16 bits per heavy atom. The molecule has 1 amide bonds. The number of carbonyl (C=O) groups excluding carboxylic acids is 1. The van der Waals surface area contributed by atoms with Crippen LogP contribution >= 0.6 is 11.8 Å². The molecule has 0 aromatic heterocycles. The van der Waals surface area contributed by atoms with Gasteiger partial charge in [-0.2, -0.15) is 0 Å². The van der Waals surface area contributed by atoms with Crippen LogP contribution in [0.3, 0.4) is 0 Å². The number of amides is 1. The van der Waals surface area contributed by atoms with Gasteiger partial charge in [0.25, 0.3) is 5.91 Å². The van der Waals surface area contributed by atoms with Crippen molar-refractivity contribution in [2.45, 2.75) is 10.8 Å². The van der Waals surface area contributed by atoms with E-state index in [1.54, 1.807) is 11.2 Å². The van der Waals surface area contributed by atoms with Gasteiger partial charge in [0.15, 0.2) is 0 Å². The van der Waals surface area contributed by atoms with Gasteiger partial charge in [0.2, 0.25) is 0 Å². The Hall–Kier alpha value is -2.34. The van der Waals surface area contributed by atoms with E-state index >= 15 is 0 Å². The van der Waals surface area contributed by atoms with Crippen molar-refractivity contribution in [2.75, 3.05) is 19.3 Å². The van der Waals surface area contributed by atoms with Crippen molar-refractivity contribution in [1.29, 1.82) is 0 Å². The Labute approximate surface area is 149 Å². The van der Waals surface area contributed by atoms with Gasteiger partial charge in [0, 0.05) is 29.5 Å². The van der Waals surface area contributed by atoms with E-state index in [0.29, 0.717) is 17.0 Å². The average Bonchev–Trinajstić information content (AvgIpc) is 3.08. The molecule has 0 aliphatic carbocycles. The summed E-state index contributed by atoms with van der Waals surface area (Å²) in [5, 5.41) is 9.54. The highest BCUT2D eigenvalue weighted by atomic mass is 32.2.